The lowest BCUT2D eigenvalue weighted by molar-refractivity contribution is -0.138. The van der Waals surface area contributed by atoms with Crippen molar-refractivity contribution in [3.05, 3.63) is 78.4 Å². The molecule has 0 aliphatic carbocycles. The molecule has 0 heterocycles. The molecule has 0 saturated heterocycles. The Morgan fingerprint density at radius 2 is 1.65 bits per heavy atom. The Bertz CT molecular complexity index is 1080. The molecule has 3 rings (SSSR count). The second-order valence-electron chi connectivity index (χ2n) is 7.17. The van der Waals surface area contributed by atoms with Crippen LogP contribution in [0.5, 0.6) is 23.0 Å². The maximum Gasteiger partial charge on any atom is 0.320 e. The number of carboxylic acid groups (broad SMARTS) is 1. The minimum atomic E-state index is -1.04. The maximum atomic E-state index is 11.0. The molecule has 0 bridgehead atoms. The van der Waals surface area contributed by atoms with Gasteiger partial charge in [0.05, 0.1) is 7.14 Å². The molecule has 0 fully saturated rings. The van der Waals surface area contributed by atoms with E-state index in [2.05, 4.69) is 45.2 Å². The smallest absolute Gasteiger partial charge is 0.320 e. The van der Waals surface area contributed by atoms with Gasteiger partial charge in [-0.1, -0.05) is 19.1 Å². The van der Waals surface area contributed by atoms with Crippen molar-refractivity contribution in [3.63, 3.8) is 0 Å². The fourth-order valence-electron chi connectivity index (χ4n) is 3.17. The van der Waals surface area contributed by atoms with Gasteiger partial charge in [-0.25, -0.2) is 0 Å². The summed E-state index contributed by atoms with van der Waals surface area (Å²) in [6, 6.07) is 14.7. The predicted molar refractivity (Wildman–Crippen MR) is 135 cm³/mol. The second-order valence-corrected chi connectivity index (χ2v) is 9.50. The highest BCUT2D eigenvalue weighted by Gasteiger charge is 2.18. The molecule has 0 aliphatic heterocycles. The van der Waals surface area contributed by atoms with Gasteiger partial charge < -0.3 is 25.8 Å². The molecule has 0 spiro atoms. The molecular weight excluding hydrogens is 624 g/mol. The number of phenols is 2. The van der Waals surface area contributed by atoms with E-state index < -0.39 is 12.0 Å². The summed E-state index contributed by atoms with van der Waals surface area (Å²) in [6.07, 6.45) is 0.231. The van der Waals surface area contributed by atoms with Crippen LogP contribution < -0.4 is 10.5 Å². The molecule has 8 heteroatoms. The number of carboxylic acids is 1. The number of rotatable bonds is 7. The van der Waals surface area contributed by atoms with E-state index in [4.69, 9.17) is 15.6 Å². The van der Waals surface area contributed by atoms with Gasteiger partial charge in [0.25, 0.3) is 0 Å². The third-order valence-corrected chi connectivity index (χ3v) is 6.51. The number of aliphatic carboxylic acids is 1. The van der Waals surface area contributed by atoms with Gasteiger partial charge in [-0.05, 0) is 105 Å². The highest BCUT2D eigenvalue weighted by molar-refractivity contribution is 14.1. The molecule has 0 amide bonds. The molecule has 0 aliphatic rings. The number of phenolic OH excluding ortho intramolecular Hbond substituents is 2. The van der Waals surface area contributed by atoms with Crippen LogP contribution in [-0.2, 0) is 11.2 Å². The topological polar surface area (TPSA) is 113 Å². The van der Waals surface area contributed by atoms with Gasteiger partial charge in [-0.15, -0.1) is 0 Å². The number of halogens is 2. The summed E-state index contributed by atoms with van der Waals surface area (Å²) in [6.45, 7) is 1.97. The minimum Gasteiger partial charge on any atom is -0.508 e. The summed E-state index contributed by atoms with van der Waals surface area (Å²) in [5.74, 6) is 0.434. The standard InChI is InChI=1S/C23H21I2NO5/c1-12(14-2-4-15(27)5-3-14)17-11-16(6-7-21(17)28)31-22-18(24)8-13(9-19(22)25)10-20(26)23(29)30/h2-9,11-12,20,27-28H,10,26H2,1H3,(H,29,30)/t12?,20-/m1/s1. The highest BCUT2D eigenvalue weighted by atomic mass is 127. The zero-order chi connectivity index (χ0) is 22.7. The first-order valence-corrected chi connectivity index (χ1v) is 11.6. The Hall–Kier alpha value is -2.05. The molecule has 2 atom stereocenters. The Balaban J connectivity index is 1.87. The van der Waals surface area contributed by atoms with Gasteiger partial charge in [-0.3, -0.25) is 4.79 Å². The van der Waals surface area contributed by atoms with Crippen LogP contribution in [0.4, 0.5) is 0 Å². The van der Waals surface area contributed by atoms with Crippen LogP contribution in [0.15, 0.2) is 54.6 Å². The van der Waals surface area contributed by atoms with Crippen molar-refractivity contribution in [3.8, 4) is 23.0 Å². The van der Waals surface area contributed by atoms with Gasteiger partial charge in [0.2, 0.25) is 0 Å². The Kier molecular flexibility index (Phi) is 7.65. The molecule has 31 heavy (non-hydrogen) atoms. The first-order chi connectivity index (χ1) is 14.7. The van der Waals surface area contributed by atoms with E-state index in [1.54, 1.807) is 30.3 Å². The lowest BCUT2D eigenvalue weighted by Gasteiger charge is -2.17. The van der Waals surface area contributed by atoms with Crippen molar-refractivity contribution in [1.29, 1.82) is 0 Å². The molecular formula is C23H21I2NO5. The number of aromatic hydroxyl groups is 2. The zero-order valence-electron chi connectivity index (χ0n) is 16.5. The monoisotopic (exact) mass is 645 g/mol. The fraction of sp³-hybridized carbons (Fsp3) is 0.174. The molecule has 6 nitrogen and oxygen atoms in total. The van der Waals surface area contributed by atoms with Crippen molar-refractivity contribution in [1.82, 2.24) is 0 Å². The molecule has 3 aromatic rings. The van der Waals surface area contributed by atoms with E-state index in [9.17, 15) is 15.0 Å². The predicted octanol–water partition coefficient (Wildman–Crippen LogP) is 5.21. The number of ether oxygens (including phenoxy) is 1. The first kappa shape index (κ1) is 23.6. The van der Waals surface area contributed by atoms with Gasteiger partial charge >= 0.3 is 5.97 Å². The third-order valence-electron chi connectivity index (χ3n) is 4.91. The van der Waals surface area contributed by atoms with Crippen molar-refractivity contribution in [2.75, 3.05) is 0 Å². The molecule has 1 unspecified atom stereocenters. The van der Waals surface area contributed by atoms with Crippen molar-refractivity contribution < 1.29 is 24.9 Å². The molecule has 0 radical (unpaired) electrons. The van der Waals surface area contributed by atoms with Crippen LogP contribution in [0.25, 0.3) is 0 Å². The first-order valence-electron chi connectivity index (χ1n) is 9.41. The van der Waals surface area contributed by atoms with Crippen LogP contribution in [0.3, 0.4) is 0 Å². The Labute approximate surface area is 207 Å². The molecule has 162 valence electrons. The van der Waals surface area contributed by atoms with Gasteiger partial charge in [0.15, 0.2) is 5.75 Å². The largest absolute Gasteiger partial charge is 0.508 e. The van der Waals surface area contributed by atoms with Crippen molar-refractivity contribution >= 4 is 51.2 Å². The number of carbonyl (C=O) groups is 1. The van der Waals surface area contributed by atoms with E-state index in [0.29, 0.717) is 17.1 Å². The summed E-state index contributed by atoms with van der Waals surface area (Å²) < 4.78 is 7.80. The van der Waals surface area contributed by atoms with E-state index in [0.717, 1.165) is 18.3 Å². The number of hydrogen-bond acceptors (Lipinski definition) is 5. The van der Waals surface area contributed by atoms with Crippen molar-refractivity contribution in [2.24, 2.45) is 5.73 Å². The Morgan fingerprint density at radius 1 is 1.03 bits per heavy atom. The Morgan fingerprint density at radius 3 is 2.23 bits per heavy atom. The van der Waals surface area contributed by atoms with Gasteiger partial charge in [0.1, 0.15) is 23.3 Å². The minimum absolute atomic E-state index is 0.109. The highest BCUT2D eigenvalue weighted by Crippen LogP contribution is 2.38. The SMILES string of the molecule is CC(c1ccc(O)cc1)c1cc(Oc2c(I)cc(C[C@@H](N)C(=O)O)cc2I)ccc1O. The quantitative estimate of drug-likeness (QED) is 0.263. The lowest BCUT2D eigenvalue weighted by atomic mass is 9.92. The average Bonchev–Trinajstić information content (AvgIpc) is 2.72. The lowest BCUT2D eigenvalue weighted by Crippen LogP contribution is -2.32. The third kappa shape index (κ3) is 5.80. The number of nitrogens with two attached hydrogens (primary N) is 1. The fourth-order valence-corrected chi connectivity index (χ4v) is 5.29. The molecule has 3 aromatic carbocycles. The molecule has 0 aromatic heterocycles. The summed E-state index contributed by atoms with van der Waals surface area (Å²) >= 11 is 4.31. The average molecular weight is 645 g/mol. The van der Waals surface area contributed by atoms with Gasteiger partial charge in [0, 0.05) is 11.5 Å². The number of benzene rings is 3. The summed E-state index contributed by atoms with van der Waals surface area (Å²) in [4.78, 5) is 11.0. The molecule has 5 N–H and O–H groups in total. The zero-order valence-corrected chi connectivity index (χ0v) is 20.9. The van der Waals surface area contributed by atoms with Gasteiger partial charge in [-0.2, -0.15) is 0 Å². The van der Waals surface area contributed by atoms with Crippen LogP contribution in [0.1, 0.15) is 29.5 Å². The number of hydrogen-bond donors (Lipinski definition) is 4. The second kappa shape index (κ2) is 10.0. The summed E-state index contributed by atoms with van der Waals surface area (Å²) in [7, 11) is 0. The van der Waals surface area contributed by atoms with Crippen molar-refractivity contribution in [2.45, 2.75) is 25.3 Å². The summed E-state index contributed by atoms with van der Waals surface area (Å²) in [5.41, 5.74) is 8.13. The molecule has 0 saturated carbocycles. The maximum absolute atomic E-state index is 11.0. The van der Waals surface area contributed by atoms with E-state index in [1.165, 1.54) is 0 Å². The normalized spacial score (nSPS) is 12.9. The van der Waals surface area contributed by atoms with Crippen LogP contribution >= 0.6 is 45.2 Å². The van der Waals surface area contributed by atoms with Crippen LogP contribution in [0.2, 0.25) is 0 Å². The van der Waals surface area contributed by atoms with E-state index in [1.807, 2.05) is 31.2 Å². The van der Waals surface area contributed by atoms with Crippen LogP contribution in [-0.4, -0.2) is 27.3 Å². The van der Waals surface area contributed by atoms with E-state index >= 15 is 0 Å². The summed E-state index contributed by atoms with van der Waals surface area (Å²) in [5, 5.41) is 28.9. The van der Waals surface area contributed by atoms with Crippen LogP contribution in [0, 0.1) is 7.14 Å². The van der Waals surface area contributed by atoms with E-state index in [-0.39, 0.29) is 23.8 Å².